The molecule has 1 aliphatic rings. The molecule has 0 radical (unpaired) electrons. The minimum Gasteiger partial charge on any atom is -0.497 e. The van der Waals surface area contributed by atoms with Crippen LogP contribution in [0.3, 0.4) is 0 Å². The number of hydrogen-bond donors (Lipinski definition) is 1. The summed E-state index contributed by atoms with van der Waals surface area (Å²) in [4.78, 5) is 34.3. The van der Waals surface area contributed by atoms with Crippen LogP contribution in [-0.4, -0.2) is 28.8 Å². The van der Waals surface area contributed by atoms with Crippen LogP contribution < -0.4 is 10.1 Å². The summed E-state index contributed by atoms with van der Waals surface area (Å²) in [6.45, 7) is 1.98. The SMILES string of the molecule is CC[C@@H](C(=O)Nc1ncc2c(n1)C[C@@H](c1ccc(OC)cc1)CC2=O)c1ccccc1. The van der Waals surface area contributed by atoms with Gasteiger partial charge in [-0.05, 0) is 42.0 Å². The van der Waals surface area contributed by atoms with E-state index in [-0.39, 0.29) is 29.5 Å². The first-order valence-corrected chi connectivity index (χ1v) is 10.5. The molecular weight excluding hydrogens is 390 g/mol. The van der Waals surface area contributed by atoms with Gasteiger partial charge in [0.25, 0.3) is 0 Å². The summed E-state index contributed by atoms with van der Waals surface area (Å²) < 4.78 is 5.22. The van der Waals surface area contributed by atoms with Crippen LogP contribution in [0.25, 0.3) is 0 Å². The van der Waals surface area contributed by atoms with Gasteiger partial charge < -0.3 is 4.74 Å². The predicted molar refractivity (Wildman–Crippen MR) is 119 cm³/mol. The second kappa shape index (κ2) is 9.08. The molecule has 0 bridgehead atoms. The zero-order valence-corrected chi connectivity index (χ0v) is 17.7. The number of carbonyl (C=O) groups is 2. The summed E-state index contributed by atoms with van der Waals surface area (Å²) in [6.07, 6.45) is 3.24. The summed E-state index contributed by atoms with van der Waals surface area (Å²) >= 11 is 0. The Morgan fingerprint density at radius 1 is 1.13 bits per heavy atom. The van der Waals surface area contributed by atoms with Crippen molar-refractivity contribution in [2.45, 2.75) is 38.0 Å². The van der Waals surface area contributed by atoms with Crippen molar-refractivity contribution in [2.75, 3.05) is 12.4 Å². The Bertz CT molecular complexity index is 1080. The fourth-order valence-corrected chi connectivity index (χ4v) is 4.07. The molecule has 0 saturated carbocycles. The van der Waals surface area contributed by atoms with E-state index in [1.54, 1.807) is 7.11 Å². The van der Waals surface area contributed by atoms with Crippen molar-refractivity contribution >= 4 is 17.6 Å². The van der Waals surface area contributed by atoms with Crippen molar-refractivity contribution in [1.29, 1.82) is 0 Å². The topological polar surface area (TPSA) is 81.2 Å². The van der Waals surface area contributed by atoms with E-state index in [0.717, 1.165) is 16.9 Å². The number of nitrogens with one attached hydrogen (secondary N) is 1. The third-order valence-electron chi connectivity index (χ3n) is 5.79. The summed E-state index contributed by atoms with van der Waals surface area (Å²) in [5.41, 5.74) is 3.24. The molecule has 0 fully saturated rings. The monoisotopic (exact) mass is 415 g/mol. The molecule has 6 nitrogen and oxygen atoms in total. The number of rotatable bonds is 6. The number of anilines is 1. The molecule has 1 aliphatic carbocycles. The van der Waals surface area contributed by atoms with Gasteiger partial charge >= 0.3 is 0 Å². The van der Waals surface area contributed by atoms with Crippen LogP contribution in [0.4, 0.5) is 5.95 Å². The van der Waals surface area contributed by atoms with Crippen LogP contribution in [0, 0.1) is 0 Å². The molecule has 6 heteroatoms. The van der Waals surface area contributed by atoms with Gasteiger partial charge in [0.2, 0.25) is 11.9 Å². The Kier molecular flexibility index (Phi) is 6.07. The van der Waals surface area contributed by atoms with Crippen LogP contribution in [0.1, 0.15) is 58.8 Å². The van der Waals surface area contributed by atoms with E-state index in [1.807, 2.05) is 61.5 Å². The number of hydrogen-bond acceptors (Lipinski definition) is 5. The number of carbonyl (C=O) groups excluding carboxylic acids is 2. The molecule has 0 spiro atoms. The van der Waals surface area contributed by atoms with Crippen LogP contribution in [0.15, 0.2) is 60.8 Å². The first-order chi connectivity index (χ1) is 15.1. The molecule has 1 amide bonds. The number of nitrogens with zero attached hydrogens (tertiary/aromatic N) is 2. The van der Waals surface area contributed by atoms with Crippen molar-refractivity contribution in [3.05, 3.63) is 83.2 Å². The summed E-state index contributed by atoms with van der Waals surface area (Å²) in [7, 11) is 1.63. The van der Waals surface area contributed by atoms with Gasteiger partial charge in [0.1, 0.15) is 5.75 Å². The van der Waals surface area contributed by atoms with Gasteiger partial charge in [0, 0.05) is 12.6 Å². The van der Waals surface area contributed by atoms with Crippen molar-refractivity contribution < 1.29 is 14.3 Å². The maximum atomic E-state index is 12.9. The smallest absolute Gasteiger partial charge is 0.234 e. The Labute approximate surface area is 181 Å². The third-order valence-corrected chi connectivity index (χ3v) is 5.79. The molecule has 0 saturated heterocycles. The Morgan fingerprint density at radius 2 is 1.87 bits per heavy atom. The molecule has 1 N–H and O–H groups in total. The van der Waals surface area contributed by atoms with Gasteiger partial charge in [-0.1, -0.05) is 49.4 Å². The zero-order valence-electron chi connectivity index (χ0n) is 17.7. The minimum absolute atomic E-state index is 0.0238. The number of amides is 1. The quantitative estimate of drug-likeness (QED) is 0.640. The molecule has 2 atom stereocenters. The largest absolute Gasteiger partial charge is 0.497 e. The Morgan fingerprint density at radius 3 is 2.55 bits per heavy atom. The number of Topliss-reactive ketones (excluding diaryl/α,β-unsaturated/α-hetero) is 1. The van der Waals surface area contributed by atoms with Crippen molar-refractivity contribution in [1.82, 2.24) is 9.97 Å². The Hall–Kier alpha value is -3.54. The number of fused-ring (bicyclic) bond motifs is 1. The van der Waals surface area contributed by atoms with E-state index in [9.17, 15) is 9.59 Å². The zero-order chi connectivity index (χ0) is 21.8. The number of methoxy groups -OCH3 is 1. The predicted octanol–water partition coefficient (Wildman–Crippen LogP) is 4.53. The molecule has 4 rings (SSSR count). The van der Waals surface area contributed by atoms with Crippen LogP contribution in [0.2, 0.25) is 0 Å². The maximum absolute atomic E-state index is 12.9. The Balaban J connectivity index is 1.53. The first kappa shape index (κ1) is 20.7. The van der Waals surface area contributed by atoms with Crippen molar-refractivity contribution in [3.8, 4) is 5.75 Å². The highest BCUT2D eigenvalue weighted by molar-refractivity contribution is 5.99. The van der Waals surface area contributed by atoms with Gasteiger partial charge in [0.05, 0.1) is 24.3 Å². The molecule has 31 heavy (non-hydrogen) atoms. The van der Waals surface area contributed by atoms with Crippen LogP contribution in [-0.2, 0) is 11.2 Å². The van der Waals surface area contributed by atoms with E-state index < -0.39 is 0 Å². The second-order valence-electron chi connectivity index (χ2n) is 7.72. The van der Waals surface area contributed by atoms with Gasteiger partial charge in [-0.25, -0.2) is 9.97 Å². The molecular formula is C25H25N3O3. The molecule has 2 aromatic carbocycles. The van der Waals surface area contributed by atoms with E-state index in [1.165, 1.54) is 6.20 Å². The average Bonchev–Trinajstić information content (AvgIpc) is 2.80. The number of aromatic nitrogens is 2. The lowest BCUT2D eigenvalue weighted by molar-refractivity contribution is -0.117. The van der Waals surface area contributed by atoms with Gasteiger partial charge in [-0.2, -0.15) is 0 Å². The van der Waals surface area contributed by atoms with Crippen molar-refractivity contribution in [3.63, 3.8) is 0 Å². The fourth-order valence-electron chi connectivity index (χ4n) is 4.07. The van der Waals surface area contributed by atoms with E-state index >= 15 is 0 Å². The van der Waals surface area contributed by atoms with Crippen LogP contribution >= 0.6 is 0 Å². The number of benzene rings is 2. The summed E-state index contributed by atoms with van der Waals surface area (Å²) in [5.74, 6) is 0.647. The van der Waals surface area contributed by atoms with Crippen LogP contribution in [0.5, 0.6) is 5.75 Å². The molecule has 3 aromatic rings. The lowest BCUT2D eigenvalue weighted by Gasteiger charge is -2.23. The highest BCUT2D eigenvalue weighted by Crippen LogP contribution is 2.33. The average molecular weight is 415 g/mol. The maximum Gasteiger partial charge on any atom is 0.234 e. The summed E-state index contributed by atoms with van der Waals surface area (Å²) in [5, 5.41) is 2.84. The third kappa shape index (κ3) is 4.48. The molecule has 158 valence electrons. The van der Waals surface area contributed by atoms with Crippen molar-refractivity contribution in [2.24, 2.45) is 0 Å². The molecule has 0 unspecified atom stereocenters. The lowest BCUT2D eigenvalue weighted by Crippen LogP contribution is -2.24. The van der Waals surface area contributed by atoms with E-state index in [2.05, 4.69) is 15.3 Å². The fraction of sp³-hybridized carbons (Fsp3) is 0.280. The minimum atomic E-state index is -0.283. The highest BCUT2D eigenvalue weighted by Gasteiger charge is 2.28. The van der Waals surface area contributed by atoms with Gasteiger partial charge in [-0.3, -0.25) is 14.9 Å². The normalized spacial score (nSPS) is 16.3. The van der Waals surface area contributed by atoms with E-state index in [0.29, 0.717) is 30.5 Å². The lowest BCUT2D eigenvalue weighted by atomic mass is 9.82. The number of ketones is 1. The number of ether oxygens (including phenoxy) is 1. The first-order valence-electron chi connectivity index (χ1n) is 10.5. The highest BCUT2D eigenvalue weighted by atomic mass is 16.5. The second-order valence-corrected chi connectivity index (χ2v) is 7.72. The standard InChI is InChI=1S/C25H25N3O3/c1-3-20(17-7-5-4-6-8-17)24(30)28-25-26-15-21-22(27-25)13-18(14-23(21)29)16-9-11-19(31-2)12-10-16/h4-12,15,18,20H,3,13-14H2,1-2H3,(H,26,27,28,30)/t18-,20-/m1/s1. The van der Waals surface area contributed by atoms with Gasteiger partial charge in [-0.15, -0.1) is 0 Å². The molecule has 1 heterocycles. The van der Waals surface area contributed by atoms with Gasteiger partial charge in [0.15, 0.2) is 5.78 Å². The molecule has 0 aliphatic heterocycles. The summed E-state index contributed by atoms with van der Waals surface area (Å²) in [6, 6.07) is 17.4. The molecule has 1 aromatic heterocycles. The van der Waals surface area contributed by atoms with E-state index in [4.69, 9.17) is 4.74 Å².